The number of piperidine rings is 1. The number of amides is 2. The molecule has 4 rings (SSSR count). The third-order valence-corrected chi connectivity index (χ3v) is 5.97. The van der Waals surface area contributed by atoms with Gasteiger partial charge in [-0.05, 0) is 60.9 Å². The van der Waals surface area contributed by atoms with Crippen LogP contribution < -0.4 is 15.4 Å². The van der Waals surface area contributed by atoms with Gasteiger partial charge >= 0.3 is 6.03 Å². The molecule has 2 aromatic heterocycles. The Morgan fingerprint density at radius 3 is 2.72 bits per heavy atom. The Hall–Kier alpha value is -2.72. The Bertz CT molecular complexity index is 1080. The van der Waals surface area contributed by atoms with Crippen molar-refractivity contribution >= 4 is 38.7 Å². The van der Waals surface area contributed by atoms with E-state index in [2.05, 4.69) is 41.4 Å². The van der Waals surface area contributed by atoms with Crippen LogP contribution in [0.3, 0.4) is 0 Å². The Kier molecular flexibility index (Phi) is 7.21. The summed E-state index contributed by atoms with van der Waals surface area (Å²) in [4.78, 5) is 21.5. The molecule has 0 radical (unpaired) electrons. The summed E-state index contributed by atoms with van der Waals surface area (Å²) in [6, 6.07) is 3.05. The van der Waals surface area contributed by atoms with Crippen molar-refractivity contribution in [3.63, 3.8) is 0 Å². The highest BCUT2D eigenvalue weighted by Crippen LogP contribution is 2.36. The fourth-order valence-electron chi connectivity index (χ4n) is 3.78. The normalized spacial score (nSPS) is 14.5. The van der Waals surface area contributed by atoms with Crippen LogP contribution in [0.2, 0.25) is 0 Å². The molecule has 3 aromatic rings. The van der Waals surface area contributed by atoms with Gasteiger partial charge in [-0.2, -0.15) is 0 Å². The van der Waals surface area contributed by atoms with Gasteiger partial charge in [0.2, 0.25) is 0 Å². The number of anilines is 1. The van der Waals surface area contributed by atoms with E-state index < -0.39 is 23.4 Å². The maximum Gasteiger partial charge on any atom is 0.319 e. The van der Waals surface area contributed by atoms with Gasteiger partial charge in [0.15, 0.2) is 17.4 Å². The smallest absolute Gasteiger partial charge is 0.319 e. The highest BCUT2D eigenvalue weighted by molar-refractivity contribution is 9.10. The lowest BCUT2D eigenvalue weighted by atomic mass is 10.1. The van der Waals surface area contributed by atoms with Crippen LogP contribution in [0.4, 0.5) is 19.3 Å². The molecule has 10 heteroatoms. The number of carbonyl (C=O) groups is 1. The molecule has 3 heterocycles. The predicted molar refractivity (Wildman–Crippen MR) is 122 cm³/mol. The summed E-state index contributed by atoms with van der Waals surface area (Å²) >= 11 is 3.36. The number of aromatic nitrogens is 2. The molecule has 170 valence electrons. The van der Waals surface area contributed by atoms with Gasteiger partial charge in [0.1, 0.15) is 11.4 Å². The fraction of sp³-hybridized carbons (Fsp3) is 0.364. The topological polar surface area (TPSA) is 82.3 Å². The molecule has 1 aliphatic heterocycles. The van der Waals surface area contributed by atoms with E-state index in [1.54, 1.807) is 6.20 Å². The average molecular weight is 508 g/mol. The molecule has 0 saturated carbocycles. The predicted octanol–water partition coefficient (Wildman–Crippen LogP) is 5.39. The van der Waals surface area contributed by atoms with E-state index in [0.29, 0.717) is 22.1 Å². The second kappa shape index (κ2) is 10.3. The van der Waals surface area contributed by atoms with E-state index in [1.165, 1.54) is 31.5 Å². The summed E-state index contributed by atoms with van der Waals surface area (Å²) in [7, 11) is 0. The van der Waals surface area contributed by atoms with Crippen LogP contribution in [-0.4, -0.2) is 47.1 Å². The molecule has 1 fully saturated rings. The molecule has 0 atom stereocenters. The lowest BCUT2D eigenvalue weighted by Gasteiger charge is -2.26. The van der Waals surface area contributed by atoms with Crippen LogP contribution in [0.25, 0.3) is 11.0 Å². The first kappa shape index (κ1) is 22.5. The number of hydrogen-bond donors (Lipinski definition) is 3. The number of hydrogen-bond acceptors (Lipinski definition) is 4. The number of nitrogens with zero attached hydrogens (tertiary/aromatic N) is 2. The third kappa shape index (κ3) is 5.36. The lowest BCUT2D eigenvalue weighted by molar-refractivity contribution is 0.224. The number of benzene rings is 1. The van der Waals surface area contributed by atoms with Crippen molar-refractivity contribution < 1.29 is 18.3 Å². The monoisotopic (exact) mass is 507 g/mol. The number of carbonyl (C=O) groups excluding carboxylic acids is 1. The zero-order valence-electron chi connectivity index (χ0n) is 17.4. The van der Waals surface area contributed by atoms with Crippen LogP contribution in [0.15, 0.2) is 35.1 Å². The summed E-state index contributed by atoms with van der Waals surface area (Å²) in [6.45, 7) is 3.61. The van der Waals surface area contributed by atoms with E-state index in [-0.39, 0.29) is 11.4 Å². The molecule has 0 aliphatic carbocycles. The van der Waals surface area contributed by atoms with Crippen molar-refractivity contribution in [2.75, 3.05) is 31.5 Å². The number of urea groups is 1. The second-order valence-corrected chi connectivity index (χ2v) is 8.53. The minimum absolute atomic E-state index is 0.00332. The standard InChI is InChI=1S/C22H24BrF2N5O2/c23-15-13-28-21-19(15)18(5-7-26-21)32-20-16(24)11-14(12-17(20)25)29-22(31)27-6-4-10-30-8-2-1-3-9-30/h5,7,11-13H,1-4,6,8-10H2,(H,26,28)(H2,27,29,31). The highest BCUT2D eigenvalue weighted by Gasteiger charge is 2.18. The molecule has 1 saturated heterocycles. The van der Waals surface area contributed by atoms with Gasteiger partial charge < -0.3 is 25.3 Å². The average Bonchev–Trinajstić information content (AvgIpc) is 3.16. The molecule has 7 nitrogen and oxygen atoms in total. The van der Waals surface area contributed by atoms with Gasteiger partial charge in [-0.15, -0.1) is 0 Å². The number of ether oxygens (including phenoxy) is 1. The molecule has 32 heavy (non-hydrogen) atoms. The van der Waals surface area contributed by atoms with Gasteiger partial charge in [-0.25, -0.2) is 18.6 Å². The van der Waals surface area contributed by atoms with Gasteiger partial charge in [-0.1, -0.05) is 6.42 Å². The number of rotatable bonds is 7. The first-order chi connectivity index (χ1) is 15.5. The first-order valence-electron chi connectivity index (χ1n) is 10.6. The zero-order valence-corrected chi connectivity index (χ0v) is 19.0. The maximum atomic E-state index is 14.6. The zero-order chi connectivity index (χ0) is 22.5. The van der Waals surface area contributed by atoms with Gasteiger partial charge in [0.05, 0.1) is 5.39 Å². The Morgan fingerprint density at radius 1 is 1.22 bits per heavy atom. The van der Waals surface area contributed by atoms with Crippen molar-refractivity contribution in [1.29, 1.82) is 0 Å². The molecular weight excluding hydrogens is 484 g/mol. The van der Waals surface area contributed by atoms with Crippen molar-refractivity contribution in [2.45, 2.75) is 25.7 Å². The summed E-state index contributed by atoms with van der Waals surface area (Å²) < 4.78 is 35.4. The molecule has 0 bridgehead atoms. The van der Waals surface area contributed by atoms with Gasteiger partial charge in [0, 0.05) is 41.2 Å². The Labute approximate surface area is 192 Å². The van der Waals surface area contributed by atoms with Crippen LogP contribution in [0, 0.1) is 11.6 Å². The number of aromatic amines is 1. The highest BCUT2D eigenvalue weighted by atomic mass is 79.9. The van der Waals surface area contributed by atoms with Crippen LogP contribution >= 0.6 is 15.9 Å². The molecule has 0 spiro atoms. The van der Waals surface area contributed by atoms with Crippen molar-refractivity contribution in [1.82, 2.24) is 20.2 Å². The van der Waals surface area contributed by atoms with Gasteiger partial charge in [0.25, 0.3) is 0 Å². The molecule has 0 unspecified atom stereocenters. The number of likely N-dealkylation sites (tertiary alicyclic amines) is 1. The van der Waals surface area contributed by atoms with E-state index >= 15 is 0 Å². The summed E-state index contributed by atoms with van der Waals surface area (Å²) in [6.07, 6.45) is 7.68. The largest absolute Gasteiger partial charge is 0.450 e. The number of pyridine rings is 1. The quantitative estimate of drug-likeness (QED) is 0.374. The minimum atomic E-state index is -0.929. The van der Waals surface area contributed by atoms with Gasteiger partial charge in [-0.3, -0.25) is 0 Å². The van der Waals surface area contributed by atoms with Crippen molar-refractivity contribution in [2.24, 2.45) is 0 Å². The fourth-order valence-corrected chi connectivity index (χ4v) is 4.27. The number of nitrogens with one attached hydrogen (secondary N) is 3. The molecule has 3 N–H and O–H groups in total. The third-order valence-electron chi connectivity index (χ3n) is 5.34. The van der Waals surface area contributed by atoms with Crippen molar-refractivity contribution in [3.05, 3.63) is 46.7 Å². The summed E-state index contributed by atoms with van der Waals surface area (Å²) in [5, 5.41) is 5.75. The van der Waals surface area contributed by atoms with E-state index in [1.807, 2.05) is 0 Å². The molecule has 1 aliphatic rings. The van der Waals surface area contributed by atoms with E-state index in [0.717, 1.165) is 38.2 Å². The minimum Gasteiger partial charge on any atom is -0.450 e. The Morgan fingerprint density at radius 2 is 1.97 bits per heavy atom. The maximum absolute atomic E-state index is 14.6. The summed E-state index contributed by atoms with van der Waals surface area (Å²) in [5.41, 5.74) is 0.522. The van der Waals surface area contributed by atoms with E-state index in [4.69, 9.17) is 4.74 Å². The Balaban J connectivity index is 1.35. The molecular formula is C22H24BrF2N5O2. The van der Waals surface area contributed by atoms with Crippen LogP contribution in [-0.2, 0) is 0 Å². The first-order valence-corrected chi connectivity index (χ1v) is 11.4. The SMILES string of the molecule is O=C(NCCCN1CCCCC1)Nc1cc(F)c(Oc2ccnc3[nH]cc(Br)c23)c(F)c1. The number of halogens is 3. The van der Waals surface area contributed by atoms with Crippen LogP contribution in [0.1, 0.15) is 25.7 Å². The lowest BCUT2D eigenvalue weighted by Crippen LogP contribution is -2.34. The number of fused-ring (bicyclic) bond motifs is 1. The number of H-pyrrole nitrogens is 1. The van der Waals surface area contributed by atoms with Crippen LogP contribution in [0.5, 0.6) is 11.5 Å². The second-order valence-electron chi connectivity index (χ2n) is 7.68. The molecule has 2 amide bonds. The summed E-state index contributed by atoms with van der Waals surface area (Å²) in [5.74, 6) is -2.17. The molecule has 1 aromatic carbocycles. The van der Waals surface area contributed by atoms with E-state index in [9.17, 15) is 13.6 Å². The van der Waals surface area contributed by atoms with Crippen molar-refractivity contribution in [3.8, 4) is 11.5 Å².